The van der Waals surface area contributed by atoms with Crippen LogP contribution in [-0.2, 0) is 0 Å². The van der Waals surface area contributed by atoms with Gasteiger partial charge in [-0.3, -0.25) is 4.99 Å². The largest absolute Gasteiger partial charge is 0.396 e. The van der Waals surface area contributed by atoms with Crippen LogP contribution >= 0.6 is 35.6 Å². The molecule has 1 fully saturated rings. The van der Waals surface area contributed by atoms with Crippen LogP contribution < -0.4 is 10.6 Å². The highest BCUT2D eigenvalue weighted by molar-refractivity contribution is 14.0. The number of aliphatic hydroxyl groups excluding tert-OH is 1. The summed E-state index contributed by atoms with van der Waals surface area (Å²) in [5, 5.41) is 9.50. The molecule has 0 aromatic heterocycles. The van der Waals surface area contributed by atoms with E-state index in [1.54, 1.807) is 0 Å². The van der Waals surface area contributed by atoms with Crippen molar-refractivity contribution in [1.29, 1.82) is 0 Å². The number of rotatable bonds is 7. The van der Waals surface area contributed by atoms with E-state index in [-0.39, 0.29) is 30.6 Å². The van der Waals surface area contributed by atoms with Crippen LogP contribution in [0.1, 0.15) is 25.7 Å². The maximum absolute atomic E-state index is 8.73. The van der Waals surface area contributed by atoms with Gasteiger partial charge in [-0.2, -0.15) is 0 Å². The molecule has 0 amide bonds. The molecular formula is C17H28ClIN4O. The molecule has 0 radical (unpaired) electrons. The second kappa shape index (κ2) is 11.8. The lowest BCUT2D eigenvalue weighted by molar-refractivity contribution is 0.282. The van der Waals surface area contributed by atoms with E-state index >= 15 is 0 Å². The zero-order valence-electron chi connectivity index (χ0n) is 14.0. The van der Waals surface area contributed by atoms with Gasteiger partial charge in [0, 0.05) is 50.0 Å². The van der Waals surface area contributed by atoms with E-state index in [9.17, 15) is 0 Å². The first kappa shape index (κ1) is 21.3. The van der Waals surface area contributed by atoms with Crippen molar-refractivity contribution < 1.29 is 5.11 Å². The highest BCUT2D eigenvalue weighted by Crippen LogP contribution is 2.19. The number of aliphatic hydroxyl groups is 1. The van der Waals surface area contributed by atoms with Crippen molar-refractivity contribution in [3.8, 4) is 0 Å². The fourth-order valence-electron chi connectivity index (χ4n) is 2.72. The lowest BCUT2D eigenvalue weighted by atomic mass is 10.2. The number of nitrogens with two attached hydrogens (primary N) is 1. The smallest absolute Gasteiger partial charge is 0.191 e. The lowest BCUT2D eigenvalue weighted by Gasteiger charge is -2.36. The van der Waals surface area contributed by atoms with E-state index in [0.717, 1.165) is 63.4 Å². The fourth-order valence-corrected chi connectivity index (χ4v) is 2.84. The highest BCUT2D eigenvalue weighted by atomic mass is 127. The van der Waals surface area contributed by atoms with E-state index in [4.69, 9.17) is 22.4 Å². The molecule has 24 heavy (non-hydrogen) atoms. The first-order chi connectivity index (χ1) is 11.2. The van der Waals surface area contributed by atoms with Gasteiger partial charge >= 0.3 is 0 Å². The average molecular weight is 467 g/mol. The van der Waals surface area contributed by atoms with E-state index in [1.165, 1.54) is 5.69 Å². The summed E-state index contributed by atoms with van der Waals surface area (Å²) in [6.45, 7) is 4.71. The first-order valence-corrected chi connectivity index (χ1v) is 8.75. The maximum Gasteiger partial charge on any atom is 0.191 e. The molecule has 0 spiro atoms. The van der Waals surface area contributed by atoms with Crippen molar-refractivity contribution in [3.63, 3.8) is 0 Å². The van der Waals surface area contributed by atoms with Gasteiger partial charge in [-0.05, 0) is 37.1 Å². The molecule has 1 saturated heterocycles. The van der Waals surface area contributed by atoms with Gasteiger partial charge in [-0.25, -0.2) is 0 Å². The van der Waals surface area contributed by atoms with Crippen LogP contribution in [0.4, 0.5) is 5.69 Å². The summed E-state index contributed by atoms with van der Waals surface area (Å²) in [5.74, 6) is 0.655. The van der Waals surface area contributed by atoms with Gasteiger partial charge in [-0.1, -0.05) is 24.4 Å². The Hall–Kier alpha value is -0.730. The lowest BCUT2D eigenvalue weighted by Crippen LogP contribution is -2.51. The quantitative estimate of drug-likeness (QED) is 0.281. The number of halogens is 2. The third kappa shape index (κ3) is 7.03. The monoisotopic (exact) mass is 466 g/mol. The minimum Gasteiger partial charge on any atom is -0.396 e. The van der Waals surface area contributed by atoms with Gasteiger partial charge in [0.15, 0.2) is 5.96 Å². The number of hydrogen-bond acceptors (Lipinski definition) is 3. The van der Waals surface area contributed by atoms with Gasteiger partial charge in [0.25, 0.3) is 0 Å². The molecule has 3 N–H and O–H groups in total. The van der Waals surface area contributed by atoms with Crippen LogP contribution in [0.15, 0.2) is 29.3 Å². The Balaban J connectivity index is 0.00000288. The molecule has 5 nitrogen and oxygen atoms in total. The fraction of sp³-hybridized carbons (Fsp3) is 0.588. The molecule has 1 aromatic carbocycles. The van der Waals surface area contributed by atoms with Crippen LogP contribution in [0.5, 0.6) is 0 Å². The molecule has 7 heteroatoms. The number of unbranched alkanes of at least 4 members (excludes halogenated alkanes) is 3. The van der Waals surface area contributed by atoms with Crippen molar-refractivity contribution in [2.75, 3.05) is 44.2 Å². The molecule has 0 aliphatic carbocycles. The standard InChI is InChI=1S/C17H27ClN4O.HI/c18-15-5-7-16(8-6-15)21-10-12-22(13-11-21)17(19)20-9-3-1-2-4-14-23;/h5-8,23H,1-4,9-14H2,(H2,19,20);1H. The summed E-state index contributed by atoms with van der Waals surface area (Å²) in [6.07, 6.45) is 4.07. The Labute approximate surface area is 166 Å². The number of nitrogens with zero attached hydrogens (tertiary/aromatic N) is 3. The molecular weight excluding hydrogens is 439 g/mol. The molecule has 1 aliphatic rings. The third-order valence-corrected chi connectivity index (χ3v) is 4.39. The molecule has 1 aromatic rings. The Morgan fingerprint density at radius 2 is 1.67 bits per heavy atom. The van der Waals surface area contributed by atoms with Crippen molar-refractivity contribution in [2.24, 2.45) is 10.7 Å². The SMILES string of the molecule is I.NC(=NCCCCCCO)N1CCN(c2ccc(Cl)cc2)CC1. The number of benzene rings is 1. The molecule has 136 valence electrons. The average Bonchev–Trinajstić information content (AvgIpc) is 2.58. The Bertz CT molecular complexity index is 490. The van der Waals surface area contributed by atoms with Crippen molar-refractivity contribution in [3.05, 3.63) is 29.3 Å². The van der Waals surface area contributed by atoms with Crippen LogP contribution in [0, 0.1) is 0 Å². The summed E-state index contributed by atoms with van der Waals surface area (Å²) in [7, 11) is 0. The number of aliphatic imine (C=N–C) groups is 1. The molecule has 0 bridgehead atoms. The van der Waals surface area contributed by atoms with Crippen molar-refractivity contribution in [1.82, 2.24) is 4.90 Å². The number of piperazine rings is 1. The molecule has 1 heterocycles. The summed E-state index contributed by atoms with van der Waals surface area (Å²) >= 11 is 5.93. The van der Waals surface area contributed by atoms with Crippen molar-refractivity contribution >= 4 is 47.2 Å². The Morgan fingerprint density at radius 3 is 2.29 bits per heavy atom. The number of guanidine groups is 1. The van der Waals surface area contributed by atoms with E-state index in [2.05, 4.69) is 26.9 Å². The second-order valence-electron chi connectivity index (χ2n) is 5.83. The highest BCUT2D eigenvalue weighted by Gasteiger charge is 2.18. The number of hydrogen-bond donors (Lipinski definition) is 2. The van der Waals surface area contributed by atoms with Gasteiger partial charge in [0.2, 0.25) is 0 Å². The summed E-state index contributed by atoms with van der Waals surface area (Å²) < 4.78 is 0. The molecule has 0 unspecified atom stereocenters. The van der Waals surface area contributed by atoms with E-state index in [0.29, 0.717) is 5.96 Å². The van der Waals surface area contributed by atoms with Crippen LogP contribution in [0.3, 0.4) is 0 Å². The predicted octanol–water partition coefficient (Wildman–Crippen LogP) is 2.95. The maximum atomic E-state index is 8.73. The minimum absolute atomic E-state index is 0. The molecule has 0 atom stereocenters. The molecule has 2 rings (SSSR count). The zero-order chi connectivity index (χ0) is 16.5. The van der Waals surface area contributed by atoms with Gasteiger partial charge in [-0.15, -0.1) is 24.0 Å². The summed E-state index contributed by atoms with van der Waals surface area (Å²) in [6, 6.07) is 7.97. The van der Waals surface area contributed by atoms with Crippen LogP contribution in [0.2, 0.25) is 5.02 Å². The Morgan fingerprint density at radius 1 is 1.04 bits per heavy atom. The summed E-state index contributed by atoms with van der Waals surface area (Å²) in [4.78, 5) is 8.97. The second-order valence-corrected chi connectivity index (χ2v) is 6.26. The van der Waals surface area contributed by atoms with Crippen LogP contribution in [0.25, 0.3) is 0 Å². The first-order valence-electron chi connectivity index (χ1n) is 8.37. The van der Waals surface area contributed by atoms with Gasteiger partial charge < -0.3 is 20.6 Å². The summed E-state index contributed by atoms with van der Waals surface area (Å²) in [5.41, 5.74) is 7.30. The number of anilines is 1. The zero-order valence-corrected chi connectivity index (χ0v) is 17.1. The molecule has 0 saturated carbocycles. The van der Waals surface area contributed by atoms with Gasteiger partial charge in [0.05, 0.1) is 0 Å². The van der Waals surface area contributed by atoms with E-state index in [1.807, 2.05) is 12.1 Å². The third-order valence-electron chi connectivity index (χ3n) is 4.14. The normalized spacial score (nSPS) is 15.3. The Kier molecular flexibility index (Phi) is 10.4. The van der Waals surface area contributed by atoms with Crippen LogP contribution in [-0.4, -0.2) is 55.3 Å². The predicted molar refractivity (Wildman–Crippen MR) is 113 cm³/mol. The molecule has 1 aliphatic heterocycles. The minimum atomic E-state index is 0. The van der Waals surface area contributed by atoms with Crippen molar-refractivity contribution in [2.45, 2.75) is 25.7 Å². The van der Waals surface area contributed by atoms with Gasteiger partial charge in [0.1, 0.15) is 0 Å². The topological polar surface area (TPSA) is 65.1 Å². The van der Waals surface area contributed by atoms with E-state index < -0.39 is 0 Å².